The number of nitrogens with one attached hydrogen (secondary N) is 1. The molecule has 0 bridgehead atoms. The fourth-order valence-electron chi connectivity index (χ4n) is 2.47. The molecule has 5 heteroatoms. The number of hydrogen-bond donors (Lipinski definition) is 2. The van der Waals surface area contributed by atoms with Gasteiger partial charge in [0.25, 0.3) is 0 Å². The summed E-state index contributed by atoms with van der Waals surface area (Å²) < 4.78 is 13.9. The zero-order valence-corrected chi connectivity index (χ0v) is 10.6. The molecule has 1 aromatic rings. The van der Waals surface area contributed by atoms with Crippen LogP contribution < -0.4 is 11.1 Å². The van der Waals surface area contributed by atoms with Crippen molar-refractivity contribution in [3.8, 4) is 0 Å². The molecule has 19 heavy (non-hydrogen) atoms. The van der Waals surface area contributed by atoms with Crippen molar-refractivity contribution in [3.63, 3.8) is 0 Å². The van der Waals surface area contributed by atoms with Gasteiger partial charge in [0.15, 0.2) is 0 Å². The van der Waals surface area contributed by atoms with E-state index in [9.17, 15) is 14.0 Å². The van der Waals surface area contributed by atoms with Crippen LogP contribution in [-0.2, 0) is 15.0 Å². The van der Waals surface area contributed by atoms with Crippen molar-refractivity contribution in [1.82, 2.24) is 5.32 Å². The van der Waals surface area contributed by atoms with Gasteiger partial charge in [0.2, 0.25) is 11.8 Å². The molecule has 102 valence electrons. The number of carbonyl (C=O) groups excluding carboxylic acids is 2. The van der Waals surface area contributed by atoms with Crippen LogP contribution in [0.25, 0.3) is 0 Å². The third-order valence-electron chi connectivity index (χ3n) is 3.69. The summed E-state index contributed by atoms with van der Waals surface area (Å²) >= 11 is 0. The molecule has 0 saturated heterocycles. The molecule has 2 amide bonds. The average Bonchev–Trinajstić information content (AvgIpc) is 2.29. The lowest BCUT2D eigenvalue weighted by Crippen LogP contribution is -2.50. The molecule has 1 aliphatic carbocycles. The standard InChI is InChI=1S/C14H17FN2O2/c15-11-5-2-1-4-10(11)14(7-3-8-14)13(19)17-9-6-12(16)18/h1-2,4-5H,3,6-9H2,(H2,16,18)(H,17,19). The summed E-state index contributed by atoms with van der Waals surface area (Å²) in [6, 6.07) is 6.36. The predicted octanol–water partition coefficient (Wildman–Crippen LogP) is 1.24. The lowest BCUT2D eigenvalue weighted by atomic mass is 9.63. The zero-order chi connectivity index (χ0) is 13.9. The van der Waals surface area contributed by atoms with E-state index in [0.29, 0.717) is 18.4 Å². The van der Waals surface area contributed by atoms with Gasteiger partial charge in [-0.3, -0.25) is 9.59 Å². The SMILES string of the molecule is NC(=O)CCNC(=O)C1(c2ccccc2F)CCC1. The molecule has 0 unspecified atom stereocenters. The number of carbonyl (C=O) groups is 2. The van der Waals surface area contributed by atoms with Crippen LogP contribution in [0.3, 0.4) is 0 Å². The summed E-state index contributed by atoms with van der Waals surface area (Å²) in [7, 11) is 0. The molecule has 2 rings (SSSR count). The van der Waals surface area contributed by atoms with Gasteiger partial charge in [-0.2, -0.15) is 0 Å². The number of amides is 2. The van der Waals surface area contributed by atoms with Crippen molar-refractivity contribution in [2.45, 2.75) is 31.1 Å². The summed E-state index contributed by atoms with van der Waals surface area (Å²) in [6.07, 6.45) is 2.27. The highest BCUT2D eigenvalue weighted by Crippen LogP contribution is 2.44. The van der Waals surface area contributed by atoms with Crippen molar-refractivity contribution in [2.75, 3.05) is 6.54 Å². The molecule has 0 heterocycles. The van der Waals surface area contributed by atoms with Crippen LogP contribution in [-0.4, -0.2) is 18.4 Å². The fourth-order valence-corrected chi connectivity index (χ4v) is 2.47. The molecule has 0 aliphatic heterocycles. The third kappa shape index (κ3) is 2.59. The summed E-state index contributed by atoms with van der Waals surface area (Å²) in [6.45, 7) is 0.199. The zero-order valence-electron chi connectivity index (χ0n) is 10.6. The Bertz CT molecular complexity index is 498. The minimum Gasteiger partial charge on any atom is -0.370 e. The molecule has 1 aromatic carbocycles. The quantitative estimate of drug-likeness (QED) is 0.839. The minimum absolute atomic E-state index is 0.0963. The van der Waals surface area contributed by atoms with E-state index in [1.807, 2.05) is 0 Å². The number of primary amides is 1. The van der Waals surface area contributed by atoms with E-state index in [1.165, 1.54) is 6.07 Å². The van der Waals surface area contributed by atoms with Gasteiger partial charge in [-0.05, 0) is 18.9 Å². The smallest absolute Gasteiger partial charge is 0.230 e. The first kappa shape index (κ1) is 13.5. The Labute approximate surface area is 111 Å². The molecule has 3 N–H and O–H groups in total. The van der Waals surface area contributed by atoms with E-state index >= 15 is 0 Å². The Balaban J connectivity index is 2.12. The van der Waals surface area contributed by atoms with Gasteiger partial charge in [-0.15, -0.1) is 0 Å². The average molecular weight is 264 g/mol. The molecule has 4 nitrogen and oxygen atoms in total. The summed E-state index contributed by atoms with van der Waals surface area (Å²) in [5.41, 5.74) is 4.69. The molecule has 0 atom stereocenters. The fraction of sp³-hybridized carbons (Fsp3) is 0.429. The van der Waals surface area contributed by atoms with E-state index in [0.717, 1.165) is 6.42 Å². The normalized spacial score (nSPS) is 16.5. The van der Waals surface area contributed by atoms with Gasteiger partial charge >= 0.3 is 0 Å². The molecule has 0 radical (unpaired) electrons. The molecular formula is C14H17FN2O2. The maximum atomic E-state index is 13.9. The molecule has 0 aromatic heterocycles. The van der Waals surface area contributed by atoms with Crippen LogP contribution in [0.2, 0.25) is 0 Å². The summed E-state index contributed by atoms with van der Waals surface area (Å²) in [4.78, 5) is 22.9. The number of rotatable bonds is 5. The van der Waals surface area contributed by atoms with Gasteiger partial charge < -0.3 is 11.1 Å². The Morgan fingerprint density at radius 2 is 2.00 bits per heavy atom. The molecule has 1 fully saturated rings. The Morgan fingerprint density at radius 1 is 1.32 bits per heavy atom. The Morgan fingerprint density at radius 3 is 2.53 bits per heavy atom. The first-order valence-electron chi connectivity index (χ1n) is 6.38. The van der Waals surface area contributed by atoms with Crippen molar-refractivity contribution in [1.29, 1.82) is 0 Å². The van der Waals surface area contributed by atoms with Crippen LogP contribution in [0.1, 0.15) is 31.2 Å². The topological polar surface area (TPSA) is 72.2 Å². The van der Waals surface area contributed by atoms with Gasteiger partial charge in [-0.25, -0.2) is 4.39 Å². The number of nitrogens with two attached hydrogens (primary N) is 1. The van der Waals surface area contributed by atoms with Gasteiger partial charge in [0, 0.05) is 18.5 Å². The highest BCUT2D eigenvalue weighted by Gasteiger charge is 2.46. The molecule has 1 saturated carbocycles. The van der Waals surface area contributed by atoms with Crippen molar-refractivity contribution < 1.29 is 14.0 Å². The third-order valence-corrected chi connectivity index (χ3v) is 3.69. The highest BCUT2D eigenvalue weighted by atomic mass is 19.1. The Kier molecular flexibility index (Phi) is 3.83. The predicted molar refractivity (Wildman–Crippen MR) is 68.8 cm³/mol. The lowest BCUT2D eigenvalue weighted by Gasteiger charge is -2.40. The van der Waals surface area contributed by atoms with Gasteiger partial charge in [0.05, 0.1) is 5.41 Å². The van der Waals surface area contributed by atoms with E-state index in [2.05, 4.69) is 5.32 Å². The van der Waals surface area contributed by atoms with Crippen molar-refractivity contribution in [2.24, 2.45) is 5.73 Å². The molecule has 1 aliphatic rings. The van der Waals surface area contributed by atoms with Gasteiger partial charge in [-0.1, -0.05) is 24.6 Å². The van der Waals surface area contributed by atoms with E-state index in [1.54, 1.807) is 18.2 Å². The number of hydrogen-bond acceptors (Lipinski definition) is 2. The highest BCUT2D eigenvalue weighted by molar-refractivity contribution is 5.89. The minimum atomic E-state index is -0.775. The van der Waals surface area contributed by atoms with Crippen molar-refractivity contribution >= 4 is 11.8 Å². The maximum Gasteiger partial charge on any atom is 0.230 e. The molecule has 0 spiro atoms. The monoisotopic (exact) mass is 264 g/mol. The summed E-state index contributed by atoms with van der Waals surface area (Å²) in [5.74, 6) is -1.04. The maximum absolute atomic E-state index is 13.9. The van der Waals surface area contributed by atoms with Crippen LogP contribution in [0, 0.1) is 5.82 Å². The van der Waals surface area contributed by atoms with E-state index in [-0.39, 0.29) is 24.7 Å². The van der Waals surface area contributed by atoms with Crippen LogP contribution in [0.4, 0.5) is 4.39 Å². The first-order valence-corrected chi connectivity index (χ1v) is 6.38. The van der Waals surface area contributed by atoms with Crippen molar-refractivity contribution in [3.05, 3.63) is 35.6 Å². The van der Waals surface area contributed by atoms with Crippen LogP contribution in [0.15, 0.2) is 24.3 Å². The number of benzene rings is 1. The number of halogens is 1. The van der Waals surface area contributed by atoms with Crippen LogP contribution in [0.5, 0.6) is 0 Å². The largest absolute Gasteiger partial charge is 0.370 e. The van der Waals surface area contributed by atoms with E-state index < -0.39 is 11.3 Å². The van der Waals surface area contributed by atoms with Gasteiger partial charge in [0.1, 0.15) is 5.82 Å². The second-order valence-corrected chi connectivity index (χ2v) is 4.89. The van der Waals surface area contributed by atoms with Crippen LogP contribution >= 0.6 is 0 Å². The second kappa shape index (κ2) is 5.38. The second-order valence-electron chi connectivity index (χ2n) is 4.89. The Hall–Kier alpha value is -1.91. The molecular weight excluding hydrogens is 247 g/mol. The van der Waals surface area contributed by atoms with E-state index in [4.69, 9.17) is 5.73 Å². The first-order chi connectivity index (χ1) is 9.06. The lowest BCUT2D eigenvalue weighted by molar-refractivity contribution is -0.130. The summed E-state index contributed by atoms with van der Waals surface area (Å²) in [5, 5.41) is 2.68.